The minimum atomic E-state index is -1.05. The molecular weight excluding hydrogens is 242 g/mol. The van der Waals surface area contributed by atoms with Crippen LogP contribution in [0.3, 0.4) is 0 Å². The molecule has 1 atom stereocenters. The van der Waals surface area contributed by atoms with Crippen molar-refractivity contribution in [3.8, 4) is 5.75 Å². The van der Waals surface area contributed by atoms with Gasteiger partial charge in [0.2, 0.25) is 0 Å². The first-order chi connectivity index (χ1) is 7.95. The van der Waals surface area contributed by atoms with Crippen molar-refractivity contribution in [1.29, 1.82) is 0 Å². The van der Waals surface area contributed by atoms with Crippen molar-refractivity contribution in [3.63, 3.8) is 0 Å². The Kier molecular flexibility index (Phi) is 4.54. The van der Waals surface area contributed by atoms with Crippen LogP contribution in [0.1, 0.15) is 12.5 Å². The largest absolute Gasteiger partial charge is 0.496 e. The highest BCUT2D eigenvalue weighted by atomic mass is 35.5. The molecule has 0 bridgehead atoms. The molecule has 1 aromatic carbocycles. The maximum absolute atomic E-state index is 11.0. The van der Waals surface area contributed by atoms with E-state index in [-0.39, 0.29) is 5.57 Å². The first-order valence-electron chi connectivity index (χ1n) is 4.99. The number of carboxylic acids is 1. The van der Waals surface area contributed by atoms with Crippen LogP contribution in [0.2, 0.25) is 5.02 Å². The van der Waals surface area contributed by atoms with Gasteiger partial charge in [0.15, 0.2) is 0 Å². The van der Waals surface area contributed by atoms with E-state index in [1.54, 1.807) is 25.1 Å². The van der Waals surface area contributed by atoms with Gasteiger partial charge in [-0.1, -0.05) is 11.6 Å². The van der Waals surface area contributed by atoms with Crippen LogP contribution >= 0.6 is 11.6 Å². The van der Waals surface area contributed by atoms with E-state index in [1.165, 1.54) is 13.2 Å². The summed E-state index contributed by atoms with van der Waals surface area (Å²) in [5.74, 6) is -0.504. The summed E-state index contributed by atoms with van der Waals surface area (Å²) in [4.78, 5) is 11.0. The molecule has 0 aliphatic carbocycles. The van der Waals surface area contributed by atoms with Crippen LogP contribution in [0.5, 0.6) is 5.75 Å². The van der Waals surface area contributed by atoms with Gasteiger partial charge in [-0.3, -0.25) is 0 Å². The van der Waals surface area contributed by atoms with Crippen molar-refractivity contribution in [1.82, 2.24) is 0 Å². The fraction of sp³-hybridized carbons (Fsp3) is 0.250. The second-order valence-corrected chi connectivity index (χ2v) is 4.02. The molecule has 0 aromatic heterocycles. The average molecular weight is 256 g/mol. The molecule has 1 unspecified atom stereocenters. The van der Waals surface area contributed by atoms with Gasteiger partial charge in [0.25, 0.3) is 0 Å². The van der Waals surface area contributed by atoms with Crippen LogP contribution in [0, 0.1) is 0 Å². The zero-order valence-corrected chi connectivity index (χ0v) is 10.4. The van der Waals surface area contributed by atoms with Crippen LogP contribution in [-0.4, -0.2) is 24.2 Å². The number of aliphatic carboxylic acids is 1. The third-order valence-electron chi connectivity index (χ3n) is 2.24. The lowest BCUT2D eigenvalue weighted by molar-refractivity contribution is -0.132. The number of benzene rings is 1. The van der Waals surface area contributed by atoms with E-state index in [4.69, 9.17) is 27.2 Å². The minimum absolute atomic E-state index is 0.102. The molecule has 17 heavy (non-hydrogen) atoms. The smallest absolute Gasteiger partial charge is 0.333 e. The normalized spacial score (nSPS) is 13.3. The monoisotopic (exact) mass is 255 g/mol. The van der Waals surface area contributed by atoms with Crippen LogP contribution in [0.15, 0.2) is 23.8 Å². The lowest BCUT2D eigenvalue weighted by Crippen LogP contribution is -2.23. The number of methoxy groups -OCH3 is 1. The first-order valence-corrected chi connectivity index (χ1v) is 5.37. The Balaban J connectivity index is 3.27. The Morgan fingerprint density at radius 1 is 1.59 bits per heavy atom. The second-order valence-electron chi connectivity index (χ2n) is 3.58. The molecular formula is C12H14ClNO3. The Morgan fingerprint density at radius 2 is 2.24 bits per heavy atom. The summed E-state index contributed by atoms with van der Waals surface area (Å²) in [6.07, 6.45) is 1.47. The number of hydrogen-bond acceptors (Lipinski definition) is 3. The quantitative estimate of drug-likeness (QED) is 0.809. The Labute approximate surface area is 105 Å². The molecule has 0 aliphatic rings. The van der Waals surface area contributed by atoms with Gasteiger partial charge in [-0.05, 0) is 31.2 Å². The van der Waals surface area contributed by atoms with E-state index in [9.17, 15) is 4.79 Å². The van der Waals surface area contributed by atoms with Crippen molar-refractivity contribution >= 4 is 23.6 Å². The fourth-order valence-corrected chi connectivity index (χ4v) is 1.55. The first kappa shape index (κ1) is 13.5. The molecule has 5 heteroatoms. The number of rotatable bonds is 4. The predicted octanol–water partition coefficient (Wildman–Crippen LogP) is 2.16. The molecule has 0 saturated heterocycles. The SMILES string of the molecule is COc1ccc(Cl)cc1/C=C(/C(=O)O)C(C)N. The van der Waals surface area contributed by atoms with Crippen molar-refractivity contribution in [2.45, 2.75) is 13.0 Å². The Bertz CT molecular complexity index is 455. The van der Waals surface area contributed by atoms with E-state index in [2.05, 4.69) is 0 Å². The number of ether oxygens (including phenoxy) is 1. The average Bonchev–Trinajstić information content (AvgIpc) is 2.25. The number of carboxylic acid groups (broad SMARTS) is 1. The summed E-state index contributed by atoms with van der Waals surface area (Å²) in [5, 5.41) is 9.52. The molecule has 0 radical (unpaired) electrons. The molecule has 0 heterocycles. The molecule has 0 saturated carbocycles. The van der Waals surface area contributed by atoms with E-state index in [0.29, 0.717) is 16.3 Å². The Morgan fingerprint density at radius 3 is 2.71 bits per heavy atom. The van der Waals surface area contributed by atoms with E-state index >= 15 is 0 Å². The van der Waals surface area contributed by atoms with E-state index in [1.807, 2.05) is 0 Å². The predicted molar refractivity (Wildman–Crippen MR) is 67.3 cm³/mol. The molecule has 92 valence electrons. The summed E-state index contributed by atoms with van der Waals surface area (Å²) < 4.78 is 5.12. The van der Waals surface area contributed by atoms with Gasteiger partial charge in [-0.15, -0.1) is 0 Å². The molecule has 1 rings (SSSR count). The lowest BCUT2D eigenvalue weighted by Gasteiger charge is -2.09. The van der Waals surface area contributed by atoms with Crippen LogP contribution in [0.4, 0.5) is 0 Å². The number of carbonyl (C=O) groups is 1. The third kappa shape index (κ3) is 3.47. The van der Waals surface area contributed by atoms with E-state index in [0.717, 1.165) is 0 Å². The second kappa shape index (κ2) is 5.70. The Hall–Kier alpha value is -1.52. The number of hydrogen-bond donors (Lipinski definition) is 2. The van der Waals surface area contributed by atoms with Gasteiger partial charge in [0.05, 0.1) is 12.7 Å². The summed E-state index contributed by atoms with van der Waals surface area (Å²) in [7, 11) is 1.51. The number of halogens is 1. The van der Waals surface area contributed by atoms with Crippen molar-refractivity contribution in [3.05, 3.63) is 34.4 Å². The number of nitrogens with two attached hydrogens (primary N) is 1. The topological polar surface area (TPSA) is 72.5 Å². The summed E-state index contributed by atoms with van der Waals surface area (Å²) >= 11 is 5.85. The zero-order chi connectivity index (χ0) is 13.0. The molecule has 0 spiro atoms. The van der Waals surface area contributed by atoms with Gasteiger partial charge in [-0.25, -0.2) is 4.79 Å². The zero-order valence-electron chi connectivity index (χ0n) is 9.61. The van der Waals surface area contributed by atoms with Gasteiger partial charge >= 0.3 is 5.97 Å². The fourth-order valence-electron chi connectivity index (χ4n) is 1.37. The van der Waals surface area contributed by atoms with Crippen molar-refractivity contribution < 1.29 is 14.6 Å². The van der Waals surface area contributed by atoms with Gasteiger partial charge in [0, 0.05) is 16.6 Å². The molecule has 0 aliphatic heterocycles. The highest BCUT2D eigenvalue weighted by Gasteiger charge is 2.13. The molecule has 0 fully saturated rings. The third-order valence-corrected chi connectivity index (χ3v) is 2.48. The van der Waals surface area contributed by atoms with Crippen molar-refractivity contribution in [2.24, 2.45) is 5.73 Å². The summed E-state index contributed by atoms with van der Waals surface area (Å²) in [6, 6.07) is 4.40. The minimum Gasteiger partial charge on any atom is -0.496 e. The molecule has 0 amide bonds. The summed E-state index contributed by atoms with van der Waals surface area (Å²) in [6.45, 7) is 1.61. The van der Waals surface area contributed by atoms with Crippen LogP contribution < -0.4 is 10.5 Å². The van der Waals surface area contributed by atoms with E-state index < -0.39 is 12.0 Å². The van der Waals surface area contributed by atoms with Gasteiger partial charge < -0.3 is 15.6 Å². The summed E-state index contributed by atoms with van der Waals surface area (Å²) in [5.41, 5.74) is 6.29. The standard InChI is InChI=1S/C12H14ClNO3/c1-7(14)10(12(15)16)6-8-5-9(13)3-4-11(8)17-2/h3-7H,14H2,1-2H3,(H,15,16)/b10-6+. The van der Waals surface area contributed by atoms with Crippen molar-refractivity contribution in [2.75, 3.05) is 7.11 Å². The highest BCUT2D eigenvalue weighted by molar-refractivity contribution is 6.30. The van der Waals surface area contributed by atoms with Gasteiger partial charge in [0.1, 0.15) is 5.75 Å². The molecule has 4 nitrogen and oxygen atoms in total. The maximum atomic E-state index is 11.0. The molecule has 3 N–H and O–H groups in total. The molecule has 1 aromatic rings. The maximum Gasteiger partial charge on any atom is 0.333 e. The van der Waals surface area contributed by atoms with Crippen LogP contribution in [-0.2, 0) is 4.79 Å². The van der Waals surface area contributed by atoms with Gasteiger partial charge in [-0.2, -0.15) is 0 Å². The van der Waals surface area contributed by atoms with Crippen LogP contribution in [0.25, 0.3) is 6.08 Å². The lowest BCUT2D eigenvalue weighted by atomic mass is 10.1. The highest BCUT2D eigenvalue weighted by Crippen LogP contribution is 2.25.